The van der Waals surface area contributed by atoms with Gasteiger partial charge in [0, 0.05) is 31.6 Å². The van der Waals surface area contributed by atoms with Crippen LogP contribution in [0.3, 0.4) is 0 Å². The second kappa shape index (κ2) is 9.48. The van der Waals surface area contributed by atoms with Crippen molar-refractivity contribution in [3.63, 3.8) is 0 Å². The molecule has 1 fully saturated rings. The van der Waals surface area contributed by atoms with Crippen LogP contribution < -0.4 is 5.32 Å². The molecule has 2 aromatic rings. The molecule has 0 bridgehead atoms. The molecule has 2 aliphatic rings. The Balaban J connectivity index is 1.39. The predicted molar refractivity (Wildman–Crippen MR) is 117 cm³/mol. The molecule has 0 unspecified atom stereocenters. The number of nitrogens with zero attached hydrogens (tertiary/aromatic N) is 4. The molecular formula is C22H31N5O3S. The van der Waals surface area contributed by atoms with Gasteiger partial charge in [0.1, 0.15) is 5.82 Å². The topological polar surface area (TPSA) is 97.2 Å². The SMILES string of the molecule is CN(C1CCCCC1)S(=O)(=O)c1ccc(C(=O)NCc2nnc3n2CCCCC3)cc1. The lowest BCUT2D eigenvalue weighted by Gasteiger charge is -2.30. The smallest absolute Gasteiger partial charge is 0.251 e. The van der Waals surface area contributed by atoms with Crippen LogP contribution in [0.25, 0.3) is 0 Å². The first-order valence-corrected chi connectivity index (χ1v) is 12.7. The van der Waals surface area contributed by atoms with Gasteiger partial charge in [0.2, 0.25) is 10.0 Å². The molecule has 31 heavy (non-hydrogen) atoms. The maximum atomic E-state index is 13.0. The van der Waals surface area contributed by atoms with Crippen molar-refractivity contribution in [1.29, 1.82) is 0 Å². The van der Waals surface area contributed by atoms with Crippen LogP contribution >= 0.6 is 0 Å². The fraction of sp³-hybridized carbons (Fsp3) is 0.591. The summed E-state index contributed by atoms with van der Waals surface area (Å²) >= 11 is 0. The van der Waals surface area contributed by atoms with Crippen LogP contribution in [0, 0.1) is 0 Å². The van der Waals surface area contributed by atoms with Gasteiger partial charge in [-0.2, -0.15) is 4.31 Å². The van der Waals surface area contributed by atoms with E-state index in [9.17, 15) is 13.2 Å². The summed E-state index contributed by atoms with van der Waals surface area (Å²) in [7, 11) is -1.90. The summed E-state index contributed by atoms with van der Waals surface area (Å²) in [5.41, 5.74) is 0.426. The average molecular weight is 446 g/mol. The molecule has 8 nitrogen and oxygen atoms in total. The van der Waals surface area contributed by atoms with Gasteiger partial charge in [-0.3, -0.25) is 4.79 Å². The van der Waals surface area contributed by atoms with Crippen LogP contribution in [-0.4, -0.2) is 46.5 Å². The summed E-state index contributed by atoms with van der Waals surface area (Å²) in [6.45, 7) is 1.19. The molecule has 168 valence electrons. The van der Waals surface area contributed by atoms with Gasteiger partial charge in [-0.15, -0.1) is 10.2 Å². The van der Waals surface area contributed by atoms with Gasteiger partial charge in [0.15, 0.2) is 5.82 Å². The zero-order valence-corrected chi connectivity index (χ0v) is 18.9. The number of nitrogens with one attached hydrogen (secondary N) is 1. The zero-order valence-electron chi connectivity index (χ0n) is 18.1. The fourth-order valence-electron chi connectivity index (χ4n) is 4.52. The lowest BCUT2D eigenvalue weighted by molar-refractivity contribution is 0.0949. The molecule has 9 heteroatoms. The molecule has 1 amide bonds. The minimum absolute atomic E-state index is 0.0556. The third-order valence-corrected chi connectivity index (χ3v) is 8.40. The summed E-state index contributed by atoms with van der Waals surface area (Å²) in [5, 5.41) is 11.4. The number of hydrogen-bond donors (Lipinski definition) is 1. The molecule has 1 aromatic carbocycles. The maximum Gasteiger partial charge on any atom is 0.251 e. The Labute approximate surface area is 184 Å². The summed E-state index contributed by atoms with van der Waals surface area (Å²) in [4.78, 5) is 12.8. The Kier molecular flexibility index (Phi) is 6.71. The third kappa shape index (κ3) is 4.82. The normalized spacial score (nSPS) is 17.9. The van der Waals surface area contributed by atoms with Crippen LogP contribution in [-0.2, 0) is 29.5 Å². The number of carbonyl (C=O) groups excluding carboxylic acids is 1. The monoisotopic (exact) mass is 445 g/mol. The van der Waals surface area contributed by atoms with Gasteiger partial charge >= 0.3 is 0 Å². The van der Waals surface area contributed by atoms with E-state index >= 15 is 0 Å². The first-order valence-electron chi connectivity index (χ1n) is 11.2. The highest BCUT2D eigenvalue weighted by Crippen LogP contribution is 2.26. The van der Waals surface area contributed by atoms with Crippen LogP contribution in [0.4, 0.5) is 0 Å². The van der Waals surface area contributed by atoms with Crippen LogP contribution in [0.1, 0.15) is 73.4 Å². The number of fused-ring (bicyclic) bond motifs is 1. The van der Waals surface area contributed by atoms with Crippen molar-refractivity contribution < 1.29 is 13.2 Å². The second-order valence-corrected chi connectivity index (χ2v) is 10.5. The Morgan fingerprint density at radius 3 is 2.52 bits per heavy atom. The van der Waals surface area contributed by atoms with E-state index in [0.29, 0.717) is 12.1 Å². The van der Waals surface area contributed by atoms with Crippen molar-refractivity contribution >= 4 is 15.9 Å². The average Bonchev–Trinajstić information content (AvgIpc) is 3.03. The van der Waals surface area contributed by atoms with E-state index in [1.807, 2.05) is 0 Å². The molecule has 0 spiro atoms. The van der Waals surface area contributed by atoms with Crippen LogP contribution in [0.15, 0.2) is 29.2 Å². The Hall–Kier alpha value is -2.26. The van der Waals surface area contributed by atoms with Crippen molar-refractivity contribution in [2.45, 2.75) is 81.8 Å². The predicted octanol–water partition coefficient (Wildman–Crippen LogP) is 2.89. The first kappa shape index (κ1) is 22.0. The Morgan fingerprint density at radius 1 is 1.06 bits per heavy atom. The number of carbonyl (C=O) groups is 1. The van der Waals surface area contributed by atoms with Crippen molar-refractivity contribution in [2.75, 3.05) is 7.05 Å². The molecule has 1 N–H and O–H groups in total. The van der Waals surface area contributed by atoms with E-state index in [-0.39, 0.29) is 16.8 Å². The van der Waals surface area contributed by atoms with Crippen LogP contribution in [0.5, 0.6) is 0 Å². The van der Waals surface area contributed by atoms with Gasteiger partial charge in [-0.1, -0.05) is 25.7 Å². The molecule has 4 rings (SSSR count). The minimum atomic E-state index is -3.56. The van der Waals surface area contributed by atoms with Gasteiger partial charge in [0.25, 0.3) is 5.91 Å². The Bertz CT molecular complexity index is 1010. The molecule has 1 aliphatic heterocycles. The van der Waals surface area contributed by atoms with Crippen molar-refractivity contribution in [3.05, 3.63) is 41.5 Å². The number of sulfonamides is 1. The van der Waals surface area contributed by atoms with Gasteiger partial charge in [-0.25, -0.2) is 8.42 Å². The van der Waals surface area contributed by atoms with E-state index in [0.717, 1.165) is 63.1 Å². The second-order valence-electron chi connectivity index (χ2n) is 8.51. The molecular weight excluding hydrogens is 414 g/mol. The van der Waals surface area contributed by atoms with E-state index < -0.39 is 10.0 Å². The molecule has 1 aliphatic carbocycles. The number of rotatable bonds is 6. The number of aromatic nitrogens is 3. The number of benzene rings is 1. The van der Waals surface area contributed by atoms with E-state index in [2.05, 4.69) is 20.1 Å². The molecule has 1 aromatic heterocycles. The van der Waals surface area contributed by atoms with Crippen molar-refractivity contribution in [3.8, 4) is 0 Å². The minimum Gasteiger partial charge on any atom is -0.345 e. The van der Waals surface area contributed by atoms with E-state index in [4.69, 9.17) is 0 Å². The van der Waals surface area contributed by atoms with Gasteiger partial charge in [-0.05, 0) is 49.9 Å². The molecule has 2 heterocycles. The van der Waals surface area contributed by atoms with Gasteiger partial charge < -0.3 is 9.88 Å². The lowest BCUT2D eigenvalue weighted by Crippen LogP contribution is -2.38. The molecule has 0 saturated heterocycles. The summed E-state index contributed by atoms with van der Waals surface area (Å²) in [6, 6.07) is 6.24. The highest BCUT2D eigenvalue weighted by Gasteiger charge is 2.29. The van der Waals surface area contributed by atoms with Gasteiger partial charge in [0.05, 0.1) is 11.4 Å². The van der Waals surface area contributed by atoms with Crippen molar-refractivity contribution in [2.24, 2.45) is 0 Å². The summed E-state index contributed by atoms with van der Waals surface area (Å²) in [5.74, 6) is 1.49. The Morgan fingerprint density at radius 2 is 1.77 bits per heavy atom. The number of aryl methyl sites for hydroxylation is 1. The zero-order chi connectivity index (χ0) is 21.8. The number of hydrogen-bond acceptors (Lipinski definition) is 5. The molecule has 0 atom stereocenters. The highest BCUT2D eigenvalue weighted by molar-refractivity contribution is 7.89. The third-order valence-electron chi connectivity index (χ3n) is 6.48. The van der Waals surface area contributed by atoms with Crippen molar-refractivity contribution in [1.82, 2.24) is 24.4 Å². The van der Waals surface area contributed by atoms with E-state index in [1.54, 1.807) is 19.2 Å². The maximum absolute atomic E-state index is 13.0. The highest BCUT2D eigenvalue weighted by atomic mass is 32.2. The fourth-order valence-corrected chi connectivity index (χ4v) is 5.94. The molecule has 1 saturated carbocycles. The number of amides is 1. The van der Waals surface area contributed by atoms with E-state index in [1.165, 1.54) is 29.3 Å². The summed E-state index contributed by atoms with van der Waals surface area (Å²) < 4.78 is 29.5. The largest absolute Gasteiger partial charge is 0.345 e. The standard InChI is InChI=1S/C22H31N5O3S/c1-26(18-8-4-2-5-9-18)31(29,30)19-13-11-17(12-14-19)22(28)23-16-21-25-24-20-10-6-3-7-15-27(20)21/h11-14,18H,2-10,15-16H2,1H3,(H,23,28). The first-order chi connectivity index (χ1) is 15.0. The quantitative estimate of drug-likeness (QED) is 0.737. The molecule has 0 radical (unpaired) electrons. The summed E-state index contributed by atoms with van der Waals surface area (Å²) in [6.07, 6.45) is 9.44. The lowest BCUT2D eigenvalue weighted by atomic mass is 9.96. The van der Waals surface area contributed by atoms with Crippen LogP contribution in [0.2, 0.25) is 0 Å².